The van der Waals surface area contributed by atoms with E-state index in [0.717, 1.165) is 0 Å². The molecule has 6 heteroatoms. The van der Waals surface area contributed by atoms with E-state index in [1.165, 1.54) is 0 Å². The summed E-state index contributed by atoms with van der Waals surface area (Å²) >= 11 is 5.37. The van der Waals surface area contributed by atoms with Crippen molar-refractivity contribution in [1.82, 2.24) is 5.32 Å². The maximum absolute atomic E-state index is 11.3. The van der Waals surface area contributed by atoms with Gasteiger partial charge in [0.05, 0.1) is 7.11 Å². The van der Waals surface area contributed by atoms with Gasteiger partial charge in [0.25, 0.3) is 0 Å². The number of methoxy groups -OCH3 is 1. The first-order valence-electron chi connectivity index (χ1n) is 4.96. The predicted octanol–water partition coefficient (Wildman–Crippen LogP) is 1.97. The minimum absolute atomic E-state index is 0.109. The minimum atomic E-state index is -0.578. The summed E-state index contributed by atoms with van der Waals surface area (Å²) in [7, 11) is 1.56. The first-order chi connectivity index (χ1) is 8.15. The Morgan fingerprint density at radius 1 is 1.29 bits per heavy atom. The quantitative estimate of drug-likeness (QED) is 0.810. The third-order valence-electron chi connectivity index (χ3n) is 1.92. The number of imide groups is 1. The molecule has 0 aliphatic rings. The van der Waals surface area contributed by atoms with Crippen molar-refractivity contribution in [1.29, 1.82) is 0 Å². The number of anilines is 1. The molecule has 0 saturated carbocycles. The molecule has 0 spiro atoms. The van der Waals surface area contributed by atoms with Crippen molar-refractivity contribution < 1.29 is 14.3 Å². The Kier molecular flexibility index (Phi) is 5.29. The van der Waals surface area contributed by atoms with Gasteiger partial charge in [0, 0.05) is 18.0 Å². The summed E-state index contributed by atoms with van der Waals surface area (Å²) in [6.07, 6.45) is 0.109. The van der Waals surface area contributed by atoms with Crippen molar-refractivity contribution in [2.45, 2.75) is 6.42 Å². The summed E-state index contributed by atoms with van der Waals surface area (Å²) in [4.78, 5) is 22.4. The highest BCUT2D eigenvalue weighted by molar-refractivity contribution is 6.19. The second-order valence-corrected chi connectivity index (χ2v) is 3.55. The number of carbonyl (C=O) groups is 2. The van der Waals surface area contributed by atoms with Crippen LogP contribution in [0.25, 0.3) is 0 Å². The number of halogens is 1. The lowest BCUT2D eigenvalue weighted by Gasteiger charge is -2.06. The van der Waals surface area contributed by atoms with Gasteiger partial charge < -0.3 is 10.1 Å². The molecular formula is C11H13ClN2O3. The number of ether oxygens (including phenoxy) is 1. The molecule has 1 rings (SSSR count). The summed E-state index contributed by atoms with van der Waals surface area (Å²) in [5.41, 5.74) is 0.571. The van der Waals surface area contributed by atoms with Crippen LogP contribution in [0.5, 0.6) is 5.75 Å². The van der Waals surface area contributed by atoms with E-state index in [1.807, 2.05) is 0 Å². The molecule has 5 nitrogen and oxygen atoms in total. The average molecular weight is 257 g/mol. The van der Waals surface area contributed by atoms with Crippen molar-refractivity contribution in [3.05, 3.63) is 24.3 Å². The molecule has 0 saturated heterocycles. The third-order valence-corrected chi connectivity index (χ3v) is 2.11. The molecule has 0 atom stereocenters. The molecule has 17 heavy (non-hydrogen) atoms. The monoisotopic (exact) mass is 256 g/mol. The van der Waals surface area contributed by atoms with Crippen molar-refractivity contribution in [2.75, 3.05) is 18.3 Å². The van der Waals surface area contributed by atoms with Gasteiger partial charge in [-0.2, -0.15) is 0 Å². The minimum Gasteiger partial charge on any atom is -0.497 e. The molecule has 2 N–H and O–H groups in total. The fourth-order valence-corrected chi connectivity index (χ4v) is 1.28. The standard InChI is InChI=1S/C11H13ClN2O3/c1-17-9-4-2-8(3-5-9)13-11(16)14-10(15)6-7-12/h2-5H,6-7H2,1H3,(H2,13,14,15,16). The number of amides is 3. The van der Waals surface area contributed by atoms with Crippen molar-refractivity contribution in [2.24, 2.45) is 0 Å². The maximum Gasteiger partial charge on any atom is 0.325 e. The van der Waals surface area contributed by atoms with Crippen LogP contribution >= 0.6 is 11.6 Å². The summed E-state index contributed by atoms with van der Waals surface area (Å²) in [6.45, 7) is 0. The molecule has 0 aliphatic carbocycles. The van der Waals surface area contributed by atoms with E-state index < -0.39 is 11.9 Å². The van der Waals surface area contributed by atoms with Gasteiger partial charge in [0.1, 0.15) is 5.75 Å². The number of nitrogens with one attached hydrogen (secondary N) is 2. The lowest BCUT2D eigenvalue weighted by molar-refractivity contribution is -0.119. The Balaban J connectivity index is 2.47. The Morgan fingerprint density at radius 3 is 2.47 bits per heavy atom. The number of hydrogen-bond acceptors (Lipinski definition) is 3. The van der Waals surface area contributed by atoms with Gasteiger partial charge in [0.15, 0.2) is 0 Å². The number of rotatable bonds is 4. The molecule has 0 aliphatic heterocycles. The van der Waals surface area contributed by atoms with Crippen LogP contribution in [0, 0.1) is 0 Å². The van der Waals surface area contributed by atoms with E-state index >= 15 is 0 Å². The Labute approximate surface area is 104 Å². The Bertz CT molecular complexity index is 392. The second kappa shape index (κ2) is 6.75. The second-order valence-electron chi connectivity index (χ2n) is 3.17. The molecule has 1 aromatic carbocycles. The van der Waals surface area contributed by atoms with Crippen molar-refractivity contribution in [3.63, 3.8) is 0 Å². The SMILES string of the molecule is COc1ccc(NC(=O)NC(=O)CCCl)cc1. The highest BCUT2D eigenvalue weighted by atomic mass is 35.5. The largest absolute Gasteiger partial charge is 0.497 e. The number of benzene rings is 1. The Morgan fingerprint density at radius 2 is 1.94 bits per heavy atom. The van der Waals surface area contributed by atoms with Crippen molar-refractivity contribution >= 4 is 29.2 Å². The van der Waals surface area contributed by atoms with Crippen molar-refractivity contribution in [3.8, 4) is 5.75 Å². The van der Waals surface area contributed by atoms with Crippen LogP contribution in [-0.4, -0.2) is 24.9 Å². The van der Waals surface area contributed by atoms with Crippen LogP contribution in [0.3, 0.4) is 0 Å². The Hall–Kier alpha value is -1.75. The van der Waals surface area contributed by atoms with Gasteiger partial charge in [-0.3, -0.25) is 10.1 Å². The number of urea groups is 1. The zero-order chi connectivity index (χ0) is 12.7. The molecule has 0 unspecified atom stereocenters. The highest BCUT2D eigenvalue weighted by Crippen LogP contribution is 2.14. The van der Waals surface area contributed by atoms with Gasteiger partial charge in [-0.25, -0.2) is 4.79 Å². The van der Waals surface area contributed by atoms with Crippen LogP contribution in [-0.2, 0) is 4.79 Å². The van der Waals surface area contributed by atoms with Crippen LogP contribution < -0.4 is 15.4 Å². The van der Waals surface area contributed by atoms with Crippen LogP contribution in [0.1, 0.15) is 6.42 Å². The number of alkyl halides is 1. The summed E-state index contributed by atoms with van der Waals surface area (Å²) < 4.78 is 4.97. The lowest BCUT2D eigenvalue weighted by atomic mass is 10.3. The van der Waals surface area contributed by atoms with Crippen LogP contribution in [0.4, 0.5) is 10.5 Å². The molecule has 0 bridgehead atoms. The third kappa shape index (κ3) is 4.74. The van der Waals surface area contributed by atoms with Gasteiger partial charge >= 0.3 is 6.03 Å². The van der Waals surface area contributed by atoms with E-state index in [-0.39, 0.29) is 12.3 Å². The fraction of sp³-hybridized carbons (Fsp3) is 0.273. The van der Waals surface area contributed by atoms with Gasteiger partial charge in [0.2, 0.25) is 5.91 Å². The van der Waals surface area contributed by atoms with E-state index in [1.54, 1.807) is 31.4 Å². The smallest absolute Gasteiger partial charge is 0.325 e. The molecule has 0 heterocycles. The molecule has 92 valence electrons. The zero-order valence-corrected chi connectivity index (χ0v) is 10.1. The molecule has 0 aromatic heterocycles. The average Bonchev–Trinajstić information content (AvgIpc) is 2.30. The normalized spacial score (nSPS) is 9.53. The van der Waals surface area contributed by atoms with Gasteiger partial charge in [-0.05, 0) is 24.3 Å². The van der Waals surface area contributed by atoms with Crippen LogP contribution in [0.2, 0.25) is 0 Å². The molecule has 0 fully saturated rings. The van der Waals surface area contributed by atoms with Gasteiger partial charge in [-0.15, -0.1) is 11.6 Å². The fourth-order valence-electron chi connectivity index (χ4n) is 1.11. The number of carbonyl (C=O) groups excluding carboxylic acids is 2. The van der Waals surface area contributed by atoms with Crippen LogP contribution in [0.15, 0.2) is 24.3 Å². The molecule has 0 radical (unpaired) electrons. The topological polar surface area (TPSA) is 67.4 Å². The highest BCUT2D eigenvalue weighted by Gasteiger charge is 2.06. The summed E-state index contributed by atoms with van der Waals surface area (Å²) in [5.74, 6) is 0.460. The zero-order valence-electron chi connectivity index (χ0n) is 9.33. The molecule has 3 amide bonds. The first-order valence-corrected chi connectivity index (χ1v) is 5.50. The van der Waals surface area contributed by atoms with E-state index in [0.29, 0.717) is 11.4 Å². The maximum atomic E-state index is 11.3. The lowest BCUT2D eigenvalue weighted by Crippen LogP contribution is -2.34. The van der Waals surface area contributed by atoms with E-state index in [9.17, 15) is 9.59 Å². The number of hydrogen-bond donors (Lipinski definition) is 2. The van der Waals surface area contributed by atoms with E-state index in [4.69, 9.17) is 16.3 Å². The van der Waals surface area contributed by atoms with E-state index in [2.05, 4.69) is 10.6 Å². The summed E-state index contributed by atoms with van der Waals surface area (Å²) in [6, 6.07) is 6.17. The summed E-state index contributed by atoms with van der Waals surface area (Å²) in [5, 5.41) is 4.67. The predicted molar refractivity (Wildman–Crippen MR) is 65.5 cm³/mol. The molecule has 1 aromatic rings. The van der Waals surface area contributed by atoms with Gasteiger partial charge in [-0.1, -0.05) is 0 Å². The molecular weight excluding hydrogens is 244 g/mol. The first kappa shape index (κ1) is 13.3.